The van der Waals surface area contributed by atoms with Gasteiger partial charge >= 0.3 is 0 Å². The normalized spacial score (nSPS) is 10.4. The Morgan fingerprint density at radius 2 is 2.00 bits per heavy atom. The first-order chi connectivity index (χ1) is 10.6. The maximum atomic E-state index is 12.7. The first-order valence-corrected chi connectivity index (χ1v) is 7.47. The quantitative estimate of drug-likeness (QED) is 0.618. The molecule has 6 heteroatoms. The molecule has 0 N–H and O–H groups in total. The maximum Gasteiger partial charge on any atom is 0.265 e. The van der Waals surface area contributed by atoms with Crippen LogP contribution in [0.4, 0.5) is 0 Å². The van der Waals surface area contributed by atoms with Gasteiger partial charge in [-0.2, -0.15) is 5.26 Å². The highest BCUT2D eigenvalue weighted by Crippen LogP contribution is 2.19. The number of hydrogen-bond donors (Lipinski definition) is 0. The van der Waals surface area contributed by atoms with Crippen LogP contribution in [0.1, 0.15) is 5.56 Å². The fraction of sp³-hybridized carbons (Fsp3) is 0.0625. The molecule has 0 atom stereocenters. The summed E-state index contributed by atoms with van der Waals surface area (Å²) in [6.07, 6.45) is 1.50. The molecule has 0 unspecified atom stereocenters. The molecule has 0 spiro atoms. The second-order valence-corrected chi connectivity index (χ2v) is 5.75. The van der Waals surface area contributed by atoms with Crippen LogP contribution in [0.3, 0.4) is 0 Å². The molecule has 22 heavy (non-hydrogen) atoms. The molecule has 1 aromatic heterocycles. The van der Waals surface area contributed by atoms with E-state index in [0.29, 0.717) is 27.9 Å². The summed E-state index contributed by atoms with van der Waals surface area (Å²) in [5, 5.41) is 9.49. The summed E-state index contributed by atoms with van der Waals surface area (Å²) < 4.78 is 7.35. The van der Waals surface area contributed by atoms with E-state index in [2.05, 4.69) is 33.6 Å². The van der Waals surface area contributed by atoms with Gasteiger partial charge in [0.15, 0.2) is 0 Å². The number of nitriles is 1. The van der Waals surface area contributed by atoms with Gasteiger partial charge in [0.05, 0.1) is 35.3 Å². The van der Waals surface area contributed by atoms with E-state index < -0.39 is 0 Å². The van der Waals surface area contributed by atoms with Crippen molar-refractivity contribution in [3.8, 4) is 17.5 Å². The van der Waals surface area contributed by atoms with Gasteiger partial charge in [-0.25, -0.2) is 4.98 Å². The lowest BCUT2D eigenvalue weighted by atomic mass is 10.1. The SMILES string of the molecule is COc1ccc(-n2cnc3c(I)cc(C#N)cc3c2=O)cc1. The molecule has 0 saturated carbocycles. The van der Waals surface area contributed by atoms with Gasteiger partial charge < -0.3 is 4.74 Å². The number of benzene rings is 2. The summed E-state index contributed by atoms with van der Waals surface area (Å²) >= 11 is 2.08. The number of rotatable bonds is 2. The molecule has 0 aliphatic carbocycles. The summed E-state index contributed by atoms with van der Waals surface area (Å²) in [6, 6.07) is 12.5. The molecule has 2 aromatic carbocycles. The maximum absolute atomic E-state index is 12.7. The Bertz CT molecular complexity index is 956. The van der Waals surface area contributed by atoms with E-state index in [1.54, 1.807) is 43.5 Å². The fourth-order valence-corrected chi connectivity index (χ4v) is 2.95. The van der Waals surface area contributed by atoms with Crippen LogP contribution >= 0.6 is 22.6 Å². The largest absolute Gasteiger partial charge is 0.497 e. The second kappa shape index (κ2) is 5.77. The van der Waals surface area contributed by atoms with Crippen LogP contribution in [-0.2, 0) is 0 Å². The molecule has 0 aliphatic rings. The first kappa shape index (κ1) is 14.5. The number of methoxy groups -OCH3 is 1. The average Bonchev–Trinajstić information content (AvgIpc) is 2.56. The van der Waals surface area contributed by atoms with Crippen molar-refractivity contribution in [3.05, 3.63) is 62.2 Å². The van der Waals surface area contributed by atoms with E-state index >= 15 is 0 Å². The number of nitrogens with zero attached hydrogens (tertiary/aromatic N) is 3. The lowest BCUT2D eigenvalue weighted by Crippen LogP contribution is -2.19. The topological polar surface area (TPSA) is 67.9 Å². The lowest BCUT2D eigenvalue weighted by molar-refractivity contribution is 0.414. The summed E-state index contributed by atoms with van der Waals surface area (Å²) in [7, 11) is 1.59. The van der Waals surface area contributed by atoms with Crippen LogP contribution in [0.2, 0.25) is 0 Å². The molecule has 1 heterocycles. The van der Waals surface area contributed by atoms with E-state index in [-0.39, 0.29) is 5.56 Å². The Labute approximate surface area is 139 Å². The van der Waals surface area contributed by atoms with Crippen molar-refractivity contribution < 1.29 is 4.74 Å². The van der Waals surface area contributed by atoms with E-state index in [9.17, 15) is 4.79 Å². The van der Waals surface area contributed by atoms with Crippen molar-refractivity contribution in [2.45, 2.75) is 0 Å². The zero-order valence-electron chi connectivity index (χ0n) is 11.6. The van der Waals surface area contributed by atoms with Crippen LogP contribution in [-0.4, -0.2) is 16.7 Å². The molecular formula is C16H10IN3O2. The number of halogens is 1. The van der Waals surface area contributed by atoms with Crippen molar-refractivity contribution in [3.63, 3.8) is 0 Å². The first-order valence-electron chi connectivity index (χ1n) is 6.39. The van der Waals surface area contributed by atoms with Gasteiger partial charge in [0, 0.05) is 3.57 Å². The Kier molecular flexibility index (Phi) is 3.81. The molecule has 0 radical (unpaired) electrons. The minimum atomic E-state index is -0.204. The lowest BCUT2D eigenvalue weighted by Gasteiger charge is -2.08. The Morgan fingerprint density at radius 1 is 1.27 bits per heavy atom. The molecule has 108 valence electrons. The van der Waals surface area contributed by atoms with Crippen LogP contribution in [0.25, 0.3) is 16.6 Å². The van der Waals surface area contributed by atoms with Gasteiger partial charge in [-0.05, 0) is 59.0 Å². The van der Waals surface area contributed by atoms with Gasteiger partial charge in [-0.1, -0.05) is 0 Å². The van der Waals surface area contributed by atoms with Crippen molar-refractivity contribution >= 4 is 33.5 Å². The highest BCUT2D eigenvalue weighted by Gasteiger charge is 2.10. The van der Waals surface area contributed by atoms with Crippen molar-refractivity contribution in [1.29, 1.82) is 5.26 Å². The molecule has 0 fully saturated rings. The van der Waals surface area contributed by atoms with Gasteiger partial charge in [0.2, 0.25) is 0 Å². The minimum Gasteiger partial charge on any atom is -0.497 e. The van der Waals surface area contributed by atoms with Crippen LogP contribution in [0.15, 0.2) is 47.5 Å². The van der Waals surface area contributed by atoms with Crippen LogP contribution in [0, 0.1) is 14.9 Å². The molecule has 0 aliphatic heterocycles. The van der Waals surface area contributed by atoms with E-state index in [1.165, 1.54) is 10.9 Å². The molecular weight excluding hydrogens is 393 g/mol. The Morgan fingerprint density at radius 3 is 2.64 bits per heavy atom. The van der Waals surface area contributed by atoms with E-state index in [0.717, 1.165) is 3.57 Å². The zero-order chi connectivity index (χ0) is 15.7. The van der Waals surface area contributed by atoms with Crippen molar-refractivity contribution in [2.75, 3.05) is 7.11 Å². The minimum absolute atomic E-state index is 0.204. The highest BCUT2D eigenvalue weighted by molar-refractivity contribution is 14.1. The molecule has 0 saturated heterocycles. The molecule has 3 rings (SSSR count). The van der Waals surface area contributed by atoms with Crippen molar-refractivity contribution in [2.24, 2.45) is 0 Å². The summed E-state index contributed by atoms with van der Waals surface area (Å²) in [4.78, 5) is 17.0. The van der Waals surface area contributed by atoms with Gasteiger partial charge in [-0.15, -0.1) is 0 Å². The summed E-state index contributed by atoms with van der Waals surface area (Å²) in [5.41, 5.74) is 1.54. The molecule has 3 aromatic rings. The molecule has 0 amide bonds. The van der Waals surface area contributed by atoms with Gasteiger partial charge in [-0.3, -0.25) is 9.36 Å². The third kappa shape index (κ3) is 2.44. The van der Waals surface area contributed by atoms with E-state index in [4.69, 9.17) is 10.00 Å². The van der Waals surface area contributed by atoms with Crippen LogP contribution < -0.4 is 10.3 Å². The third-order valence-electron chi connectivity index (χ3n) is 3.29. The number of ether oxygens (including phenoxy) is 1. The zero-order valence-corrected chi connectivity index (χ0v) is 13.7. The summed E-state index contributed by atoms with van der Waals surface area (Å²) in [5.74, 6) is 0.715. The number of aromatic nitrogens is 2. The third-order valence-corrected chi connectivity index (χ3v) is 4.12. The predicted octanol–water partition coefficient (Wildman–Crippen LogP) is 2.87. The molecule has 0 bridgehead atoms. The Hall–Kier alpha value is -2.40. The van der Waals surface area contributed by atoms with E-state index in [1.807, 2.05) is 0 Å². The molecule has 5 nitrogen and oxygen atoms in total. The highest BCUT2D eigenvalue weighted by atomic mass is 127. The smallest absolute Gasteiger partial charge is 0.265 e. The van der Waals surface area contributed by atoms with Crippen LogP contribution in [0.5, 0.6) is 5.75 Å². The average molecular weight is 403 g/mol. The number of hydrogen-bond acceptors (Lipinski definition) is 4. The second-order valence-electron chi connectivity index (χ2n) is 4.58. The predicted molar refractivity (Wildman–Crippen MR) is 91.3 cm³/mol. The standard InChI is InChI=1S/C16H10IN3O2/c1-22-12-4-2-11(3-5-12)20-9-19-15-13(16(20)21)6-10(8-18)7-14(15)17/h2-7,9H,1H3. The van der Waals surface area contributed by atoms with Gasteiger partial charge in [0.1, 0.15) is 12.1 Å². The monoisotopic (exact) mass is 403 g/mol. The van der Waals surface area contributed by atoms with Gasteiger partial charge in [0.25, 0.3) is 5.56 Å². The summed E-state index contributed by atoms with van der Waals surface area (Å²) in [6.45, 7) is 0. The fourth-order valence-electron chi connectivity index (χ4n) is 2.18. The van der Waals surface area contributed by atoms with Crippen molar-refractivity contribution in [1.82, 2.24) is 9.55 Å². The number of fused-ring (bicyclic) bond motifs is 1. The Balaban J connectivity index is 2.25.